The van der Waals surface area contributed by atoms with Crippen molar-refractivity contribution < 1.29 is 17.9 Å². The zero-order chi connectivity index (χ0) is 17.0. The zero-order valence-electron chi connectivity index (χ0n) is 12.6. The summed E-state index contributed by atoms with van der Waals surface area (Å²) in [4.78, 5) is 11.6. The van der Waals surface area contributed by atoms with Crippen LogP contribution in [0.5, 0.6) is 0 Å². The molecule has 0 saturated heterocycles. The molecule has 1 N–H and O–H groups in total. The van der Waals surface area contributed by atoms with Crippen LogP contribution in [-0.2, 0) is 19.6 Å². The fraction of sp³-hybridized carbons (Fsp3) is 0.267. The standard InChI is InChI=1S/C15H16BrNO4S2/c1-10-3-5-11(6-4-10)12(9-14(18)21-2)17-23(19,20)15-8-7-13(16)22-15/h3-8,12,17H,9H2,1-2H3. The minimum Gasteiger partial charge on any atom is -0.469 e. The first-order valence-electron chi connectivity index (χ1n) is 6.73. The van der Waals surface area contributed by atoms with E-state index in [1.807, 2.05) is 19.1 Å². The highest BCUT2D eigenvalue weighted by molar-refractivity contribution is 9.11. The van der Waals surface area contributed by atoms with Gasteiger partial charge in [-0.05, 0) is 40.5 Å². The van der Waals surface area contributed by atoms with Crippen molar-refractivity contribution in [2.45, 2.75) is 23.6 Å². The molecular weight excluding hydrogens is 402 g/mol. The molecule has 5 nitrogen and oxygen atoms in total. The largest absolute Gasteiger partial charge is 0.469 e. The van der Waals surface area contributed by atoms with Gasteiger partial charge in [0.15, 0.2) is 0 Å². The smallest absolute Gasteiger partial charge is 0.307 e. The van der Waals surface area contributed by atoms with Crippen LogP contribution in [0.1, 0.15) is 23.6 Å². The number of carbonyl (C=O) groups excluding carboxylic acids is 1. The van der Waals surface area contributed by atoms with Crippen LogP contribution in [0, 0.1) is 6.92 Å². The number of halogens is 1. The van der Waals surface area contributed by atoms with Crippen molar-refractivity contribution in [2.24, 2.45) is 0 Å². The number of benzene rings is 1. The number of sulfonamides is 1. The average molecular weight is 418 g/mol. The molecule has 0 aliphatic carbocycles. The second-order valence-corrected chi connectivity index (χ2v) is 9.33. The van der Waals surface area contributed by atoms with Gasteiger partial charge in [0.05, 0.1) is 23.4 Å². The highest BCUT2D eigenvalue weighted by Crippen LogP contribution is 2.28. The van der Waals surface area contributed by atoms with Crippen LogP contribution in [-0.4, -0.2) is 21.5 Å². The summed E-state index contributed by atoms with van der Waals surface area (Å²) in [6.45, 7) is 1.94. The second kappa shape index (κ2) is 7.57. The first kappa shape index (κ1) is 18.1. The summed E-state index contributed by atoms with van der Waals surface area (Å²) in [5.74, 6) is -0.481. The number of hydrogen-bond acceptors (Lipinski definition) is 5. The van der Waals surface area contributed by atoms with Gasteiger partial charge in [0.25, 0.3) is 10.0 Å². The lowest BCUT2D eigenvalue weighted by molar-refractivity contribution is -0.141. The molecule has 1 aromatic carbocycles. The number of aryl methyl sites for hydroxylation is 1. The maximum Gasteiger partial charge on any atom is 0.307 e. The van der Waals surface area contributed by atoms with Gasteiger partial charge >= 0.3 is 5.97 Å². The van der Waals surface area contributed by atoms with Crippen molar-refractivity contribution in [2.75, 3.05) is 7.11 Å². The maximum absolute atomic E-state index is 12.5. The summed E-state index contributed by atoms with van der Waals surface area (Å²) in [5.41, 5.74) is 1.76. The zero-order valence-corrected chi connectivity index (χ0v) is 15.8. The van der Waals surface area contributed by atoms with Crippen molar-refractivity contribution in [3.63, 3.8) is 0 Å². The monoisotopic (exact) mass is 417 g/mol. The number of methoxy groups -OCH3 is 1. The van der Waals surface area contributed by atoms with E-state index in [2.05, 4.69) is 25.4 Å². The number of esters is 1. The molecule has 1 atom stereocenters. The average Bonchev–Trinajstić information content (AvgIpc) is 2.94. The van der Waals surface area contributed by atoms with Gasteiger partial charge in [-0.1, -0.05) is 29.8 Å². The SMILES string of the molecule is COC(=O)CC(NS(=O)(=O)c1ccc(Br)s1)c1ccc(C)cc1. The van der Waals surface area contributed by atoms with E-state index < -0.39 is 22.0 Å². The number of hydrogen-bond donors (Lipinski definition) is 1. The van der Waals surface area contributed by atoms with Gasteiger partial charge in [-0.2, -0.15) is 0 Å². The molecule has 0 radical (unpaired) electrons. The first-order valence-corrected chi connectivity index (χ1v) is 9.82. The molecule has 0 amide bonds. The molecule has 0 aliphatic rings. The third-order valence-corrected chi connectivity index (χ3v) is 6.78. The van der Waals surface area contributed by atoms with Crippen molar-refractivity contribution in [3.8, 4) is 0 Å². The Balaban J connectivity index is 2.30. The topological polar surface area (TPSA) is 72.5 Å². The molecule has 23 heavy (non-hydrogen) atoms. The highest BCUT2D eigenvalue weighted by atomic mass is 79.9. The van der Waals surface area contributed by atoms with E-state index in [9.17, 15) is 13.2 Å². The molecule has 0 aliphatic heterocycles. The number of ether oxygens (including phenoxy) is 1. The molecule has 124 valence electrons. The van der Waals surface area contributed by atoms with Crippen LogP contribution in [0.25, 0.3) is 0 Å². The third kappa shape index (κ3) is 4.87. The van der Waals surface area contributed by atoms with E-state index in [1.165, 1.54) is 13.2 Å². The van der Waals surface area contributed by atoms with Crippen LogP contribution in [0.3, 0.4) is 0 Å². The number of rotatable bonds is 6. The van der Waals surface area contributed by atoms with Gasteiger partial charge in [0, 0.05) is 0 Å². The summed E-state index contributed by atoms with van der Waals surface area (Å²) >= 11 is 4.36. The minimum absolute atomic E-state index is 0.0780. The number of nitrogens with one attached hydrogen (secondary N) is 1. The molecule has 1 heterocycles. The quantitative estimate of drug-likeness (QED) is 0.730. The summed E-state index contributed by atoms with van der Waals surface area (Å²) in [5, 5.41) is 0. The van der Waals surface area contributed by atoms with Gasteiger partial charge in [0.2, 0.25) is 0 Å². The molecular formula is C15H16BrNO4S2. The lowest BCUT2D eigenvalue weighted by Crippen LogP contribution is -2.30. The van der Waals surface area contributed by atoms with Crippen LogP contribution < -0.4 is 4.72 Å². The molecule has 2 aromatic rings. The Bertz CT molecular complexity index is 784. The molecule has 1 aromatic heterocycles. The predicted molar refractivity (Wildman–Crippen MR) is 92.9 cm³/mol. The van der Waals surface area contributed by atoms with E-state index in [0.29, 0.717) is 5.56 Å². The van der Waals surface area contributed by atoms with Gasteiger partial charge in [-0.15, -0.1) is 11.3 Å². The van der Waals surface area contributed by atoms with E-state index in [4.69, 9.17) is 0 Å². The Labute approximate surface area is 147 Å². The van der Waals surface area contributed by atoms with E-state index in [0.717, 1.165) is 20.7 Å². The molecule has 0 spiro atoms. The van der Waals surface area contributed by atoms with E-state index in [-0.39, 0.29) is 10.6 Å². The van der Waals surface area contributed by atoms with Gasteiger partial charge in [0.1, 0.15) is 4.21 Å². The van der Waals surface area contributed by atoms with Crippen LogP contribution >= 0.6 is 27.3 Å². The maximum atomic E-state index is 12.5. The Morgan fingerprint density at radius 3 is 2.43 bits per heavy atom. The molecule has 0 fully saturated rings. The molecule has 0 bridgehead atoms. The summed E-state index contributed by atoms with van der Waals surface area (Å²) in [7, 11) is -2.44. The van der Waals surface area contributed by atoms with E-state index >= 15 is 0 Å². The first-order chi connectivity index (χ1) is 10.8. The van der Waals surface area contributed by atoms with Gasteiger partial charge in [-0.3, -0.25) is 4.79 Å². The van der Waals surface area contributed by atoms with Crippen molar-refractivity contribution >= 4 is 43.3 Å². The lowest BCUT2D eigenvalue weighted by atomic mass is 10.0. The fourth-order valence-electron chi connectivity index (χ4n) is 1.96. The normalized spacial score (nSPS) is 12.8. The summed E-state index contributed by atoms with van der Waals surface area (Å²) in [6, 6.07) is 9.84. The Morgan fingerprint density at radius 2 is 1.91 bits per heavy atom. The minimum atomic E-state index is -3.72. The molecule has 1 unspecified atom stereocenters. The number of carbonyl (C=O) groups is 1. The summed E-state index contributed by atoms with van der Waals surface area (Å²) in [6.07, 6.45) is -0.0780. The van der Waals surface area contributed by atoms with Crippen molar-refractivity contribution in [3.05, 3.63) is 51.3 Å². The van der Waals surface area contributed by atoms with Crippen LogP contribution in [0.15, 0.2) is 44.4 Å². The molecule has 8 heteroatoms. The second-order valence-electron chi connectivity index (χ2n) is 4.92. The van der Waals surface area contributed by atoms with Crippen LogP contribution in [0.4, 0.5) is 0 Å². The fourth-order valence-corrected chi connectivity index (χ4v) is 5.21. The highest BCUT2D eigenvalue weighted by Gasteiger charge is 2.25. The Hall–Kier alpha value is -1.22. The Morgan fingerprint density at radius 1 is 1.26 bits per heavy atom. The van der Waals surface area contributed by atoms with Crippen molar-refractivity contribution in [1.29, 1.82) is 0 Å². The summed E-state index contributed by atoms with van der Waals surface area (Å²) < 4.78 is 33.1. The Kier molecular flexibility index (Phi) is 5.96. The predicted octanol–water partition coefficient (Wildman–Crippen LogP) is 3.40. The van der Waals surface area contributed by atoms with Crippen molar-refractivity contribution in [1.82, 2.24) is 4.72 Å². The van der Waals surface area contributed by atoms with E-state index in [1.54, 1.807) is 18.2 Å². The molecule has 2 rings (SSSR count). The van der Waals surface area contributed by atoms with Crippen LogP contribution in [0.2, 0.25) is 0 Å². The lowest BCUT2D eigenvalue weighted by Gasteiger charge is -2.18. The molecule has 0 saturated carbocycles. The number of thiophene rings is 1. The third-order valence-electron chi connectivity index (χ3n) is 3.19. The van der Waals surface area contributed by atoms with Gasteiger partial charge < -0.3 is 4.74 Å². The van der Waals surface area contributed by atoms with Gasteiger partial charge in [-0.25, -0.2) is 13.1 Å².